The molecule has 0 fully saturated rings. The van der Waals surface area contributed by atoms with E-state index >= 15 is 0 Å². The van der Waals surface area contributed by atoms with E-state index in [2.05, 4.69) is 20.5 Å². The molecule has 0 aromatic carbocycles. The number of ether oxygens (including phenoxy) is 1. The summed E-state index contributed by atoms with van der Waals surface area (Å²) in [7, 11) is 3.11. The number of amides is 1. The molecule has 158 valence electrons. The van der Waals surface area contributed by atoms with Crippen LogP contribution in [-0.2, 0) is 19.6 Å². The van der Waals surface area contributed by atoms with Crippen LogP contribution in [0.2, 0.25) is 0 Å². The Morgan fingerprint density at radius 2 is 2.10 bits per heavy atom. The first-order valence-electron chi connectivity index (χ1n) is 9.27. The lowest BCUT2D eigenvalue weighted by atomic mass is 9.93. The van der Waals surface area contributed by atoms with Gasteiger partial charge in [-0.15, -0.1) is 5.10 Å². The van der Waals surface area contributed by atoms with E-state index in [1.165, 1.54) is 28.6 Å². The summed E-state index contributed by atoms with van der Waals surface area (Å²) < 4.78 is 46.8. The predicted octanol–water partition coefficient (Wildman–Crippen LogP) is 2.84. The number of hydrogen-bond acceptors (Lipinski definition) is 5. The van der Waals surface area contributed by atoms with Crippen LogP contribution in [0.25, 0.3) is 5.69 Å². The van der Waals surface area contributed by atoms with Crippen molar-refractivity contribution in [1.82, 2.24) is 29.9 Å². The minimum absolute atomic E-state index is 0.258. The summed E-state index contributed by atoms with van der Waals surface area (Å²) in [5.74, 6) is 0.0140. The number of methoxy groups -OCH3 is 1. The number of nitrogens with one attached hydrogen (secondary N) is 1. The van der Waals surface area contributed by atoms with Crippen LogP contribution in [0.5, 0.6) is 5.88 Å². The van der Waals surface area contributed by atoms with E-state index < -0.39 is 11.9 Å². The van der Waals surface area contributed by atoms with Crippen LogP contribution in [0.4, 0.5) is 13.2 Å². The van der Waals surface area contributed by atoms with Crippen LogP contribution >= 0.6 is 0 Å². The zero-order valence-electron chi connectivity index (χ0n) is 16.3. The summed E-state index contributed by atoms with van der Waals surface area (Å²) in [5.41, 5.74) is 1.15. The van der Waals surface area contributed by atoms with Gasteiger partial charge >= 0.3 is 6.18 Å². The van der Waals surface area contributed by atoms with Gasteiger partial charge in [0.2, 0.25) is 5.88 Å². The van der Waals surface area contributed by atoms with Crippen molar-refractivity contribution in [3.05, 3.63) is 53.2 Å². The van der Waals surface area contributed by atoms with E-state index in [0.29, 0.717) is 24.4 Å². The standard InChI is InChI=1S/C19H19F3N6O2/c1-27-15(9-17(26-27)30-2)18(29)24-13-4-3-5-14-12(13)10-28(25-14)11-6-7-23-16(8-11)19(20,21)22/h6-10,13H,3-5H2,1-2H3,(H,24,29)/t13-/m1/s1. The zero-order chi connectivity index (χ0) is 21.5. The van der Waals surface area contributed by atoms with Crippen molar-refractivity contribution < 1.29 is 22.7 Å². The molecule has 3 aromatic rings. The molecule has 4 rings (SSSR count). The van der Waals surface area contributed by atoms with Crippen LogP contribution < -0.4 is 10.1 Å². The first-order valence-corrected chi connectivity index (χ1v) is 9.27. The Kier molecular flexibility index (Phi) is 4.96. The van der Waals surface area contributed by atoms with Crippen LogP contribution in [-0.4, -0.2) is 37.6 Å². The number of fused-ring (bicyclic) bond motifs is 1. The van der Waals surface area contributed by atoms with Gasteiger partial charge in [-0.2, -0.15) is 18.3 Å². The number of aryl methyl sites for hydroxylation is 2. The summed E-state index contributed by atoms with van der Waals surface area (Å²) in [4.78, 5) is 16.1. The first-order chi connectivity index (χ1) is 14.3. The van der Waals surface area contributed by atoms with Gasteiger partial charge < -0.3 is 10.1 Å². The van der Waals surface area contributed by atoms with Gasteiger partial charge in [0, 0.05) is 31.1 Å². The van der Waals surface area contributed by atoms with E-state index in [0.717, 1.165) is 29.9 Å². The number of aromatic nitrogens is 5. The lowest BCUT2D eigenvalue weighted by Crippen LogP contribution is -2.31. The molecule has 1 N–H and O–H groups in total. The molecule has 1 aliphatic carbocycles. The molecule has 0 unspecified atom stereocenters. The van der Waals surface area contributed by atoms with E-state index in [1.807, 2.05) is 0 Å². The highest BCUT2D eigenvalue weighted by Gasteiger charge is 2.33. The van der Waals surface area contributed by atoms with Gasteiger partial charge in [-0.1, -0.05) is 0 Å². The summed E-state index contributed by atoms with van der Waals surface area (Å²) in [6.45, 7) is 0. The Balaban J connectivity index is 1.60. The van der Waals surface area contributed by atoms with Gasteiger partial charge in [0.1, 0.15) is 11.4 Å². The van der Waals surface area contributed by atoms with Crippen molar-refractivity contribution in [3.8, 4) is 11.6 Å². The van der Waals surface area contributed by atoms with E-state index in [1.54, 1.807) is 13.2 Å². The van der Waals surface area contributed by atoms with Crippen molar-refractivity contribution in [3.63, 3.8) is 0 Å². The Hall–Kier alpha value is -3.37. The Morgan fingerprint density at radius 1 is 1.30 bits per heavy atom. The summed E-state index contributed by atoms with van der Waals surface area (Å²) in [6.07, 6.45) is 0.416. The molecule has 3 heterocycles. The molecule has 0 spiro atoms. The number of nitrogens with zero attached hydrogens (tertiary/aromatic N) is 5. The number of halogens is 3. The SMILES string of the molecule is COc1cc(C(=O)N[C@@H]2CCCc3nn(-c4ccnc(C(F)(F)F)c4)cc32)n(C)n1. The number of pyridine rings is 1. The van der Waals surface area contributed by atoms with E-state index in [-0.39, 0.29) is 17.6 Å². The fourth-order valence-electron chi connectivity index (χ4n) is 3.52. The molecule has 11 heteroatoms. The molecule has 1 amide bonds. The topological polar surface area (TPSA) is 86.9 Å². The molecule has 0 radical (unpaired) electrons. The van der Waals surface area contributed by atoms with Crippen molar-refractivity contribution in [2.75, 3.05) is 7.11 Å². The smallest absolute Gasteiger partial charge is 0.433 e. The monoisotopic (exact) mass is 420 g/mol. The van der Waals surface area contributed by atoms with Crippen molar-refractivity contribution in [2.45, 2.75) is 31.5 Å². The normalized spacial score (nSPS) is 16.2. The lowest BCUT2D eigenvalue weighted by molar-refractivity contribution is -0.141. The van der Waals surface area contributed by atoms with Crippen LogP contribution in [0, 0.1) is 0 Å². The van der Waals surface area contributed by atoms with Crippen LogP contribution in [0.3, 0.4) is 0 Å². The maximum Gasteiger partial charge on any atom is 0.433 e. The maximum atomic E-state index is 13.0. The highest BCUT2D eigenvalue weighted by molar-refractivity contribution is 5.93. The van der Waals surface area contributed by atoms with Gasteiger partial charge in [0.05, 0.1) is 24.5 Å². The Morgan fingerprint density at radius 3 is 2.80 bits per heavy atom. The molecular formula is C19H19F3N6O2. The minimum atomic E-state index is -4.54. The molecule has 1 aliphatic rings. The second-order valence-electron chi connectivity index (χ2n) is 6.99. The zero-order valence-corrected chi connectivity index (χ0v) is 16.3. The fraction of sp³-hybridized carbons (Fsp3) is 0.368. The maximum absolute atomic E-state index is 13.0. The number of carbonyl (C=O) groups is 1. The van der Waals surface area contributed by atoms with Gasteiger partial charge in [-0.25, -0.2) is 4.68 Å². The fourth-order valence-corrected chi connectivity index (χ4v) is 3.52. The predicted molar refractivity (Wildman–Crippen MR) is 99.3 cm³/mol. The number of carbonyl (C=O) groups excluding carboxylic acids is 1. The second kappa shape index (κ2) is 7.47. The summed E-state index contributed by atoms with van der Waals surface area (Å²) in [5, 5.41) is 11.5. The van der Waals surface area contributed by atoms with Gasteiger partial charge in [-0.05, 0) is 31.4 Å². The van der Waals surface area contributed by atoms with Gasteiger partial charge in [-0.3, -0.25) is 14.5 Å². The third-order valence-electron chi connectivity index (χ3n) is 5.01. The molecule has 0 aliphatic heterocycles. The molecule has 8 nitrogen and oxygen atoms in total. The third-order valence-corrected chi connectivity index (χ3v) is 5.01. The van der Waals surface area contributed by atoms with Crippen molar-refractivity contribution >= 4 is 5.91 Å². The molecule has 0 saturated heterocycles. The highest BCUT2D eigenvalue weighted by atomic mass is 19.4. The third kappa shape index (κ3) is 3.74. The average molecular weight is 420 g/mol. The van der Waals surface area contributed by atoms with E-state index in [9.17, 15) is 18.0 Å². The van der Waals surface area contributed by atoms with Crippen molar-refractivity contribution in [2.24, 2.45) is 7.05 Å². The first kappa shape index (κ1) is 19.9. The molecular weight excluding hydrogens is 401 g/mol. The molecule has 1 atom stereocenters. The van der Waals surface area contributed by atoms with Crippen LogP contribution in [0.1, 0.15) is 46.3 Å². The summed E-state index contributed by atoms with van der Waals surface area (Å²) >= 11 is 0. The van der Waals surface area contributed by atoms with Crippen molar-refractivity contribution in [1.29, 1.82) is 0 Å². The number of rotatable bonds is 4. The average Bonchev–Trinajstić information content (AvgIpc) is 3.31. The largest absolute Gasteiger partial charge is 0.480 e. The minimum Gasteiger partial charge on any atom is -0.480 e. The van der Waals surface area contributed by atoms with Gasteiger partial charge in [0.25, 0.3) is 5.91 Å². The van der Waals surface area contributed by atoms with E-state index in [4.69, 9.17) is 4.74 Å². The summed E-state index contributed by atoms with van der Waals surface area (Å²) in [6, 6.07) is 3.65. The number of hydrogen-bond donors (Lipinski definition) is 1. The second-order valence-corrected chi connectivity index (χ2v) is 6.99. The highest BCUT2D eigenvalue weighted by Crippen LogP contribution is 2.32. The van der Waals surface area contributed by atoms with Gasteiger partial charge in [0.15, 0.2) is 0 Å². The molecule has 0 bridgehead atoms. The Bertz CT molecular complexity index is 1090. The molecule has 30 heavy (non-hydrogen) atoms. The molecule has 0 saturated carbocycles. The van der Waals surface area contributed by atoms with Crippen LogP contribution in [0.15, 0.2) is 30.6 Å². The Labute approximate surface area is 169 Å². The lowest BCUT2D eigenvalue weighted by Gasteiger charge is -2.22. The molecule has 3 aromatic heterocycles. The quantitative estimate of drug-likeness (QED) is 0.702. The number of alkyl halides is 3.